The molecule has 0 N–H and O–H groups in total. The van der Waals surface area contributed by atoms with E-state index in [1.54, 1.807) is 6.08 Å². The molecule has 0 unspecified atom stereocenters. The van der Waals surface area contributed by atoms with E-state index in [0.29, 0.717) is 17.7 Å². The first kappa shape index (κ1) is 13.5. The minimum absolute atomic E-state index is 0.349. The molecule has 0 aliphatic heterocycles. The Morgan fingerprint density at radius 2 is 2.00 bits per heavy atom. The van der Waals surface area contributed by atoms with Crippen LogP contribution in [0, 0.1) is 0 Å². The lowest BCUT2D eigenvalue weighted by molar-refractivity contribution is -0.00589. The van der Waals surface area contributed by atoms with Gasteiger partial charge in [-0.2, -0.15) is 13.2 Å². The molecule has 0 saturated carbocycles. The van der Waals surface area contributed by atoms with Crippen molar-refractivity contribution in [2.45, 2.75) is 11.3 Å². The quantitative estimate of drug-likeness (QED) is 0.487. The van der Waals surface area contributed by atoms with Crippen LogP contribution in [0.1, 0.15) is 6.42 Å². The van der Waals surface area contributed by atoms with E-state index in [9.17, 15) is 8.42 Å². The first-order chi connectivity index (χ1) is 9.19. The molecule has 0 atom stereocenters. The van der Waals surface area contributed by atoms with Gasteiger partial charge in [-0.25, -0.2) is 0 Å². The van der Waals surface area contributed by atoms with Gasteiger partial charge in [0.2, 0.25) is 10.3 Å². The van der Waals surface area contributed by atoms with Gasteiger partial charge in [0.05, 0.1) is 17.4 Å². The van der Waals surface area contributed by atoms with Gasteiger partial charge in [0.25, 0.3) is 0 Å². The van der Waals surface area contributed by atoms with Crippen LogP contribution in [0.2, 0.25) is 0 Å². The maximum absolute atomic E-state index is 10.7. The molecule has 0 radical (unpaired) electrons. The smallest absolute Gasteiger partial charge is 0.303 e. The summed E-state index contributed by atoms with van der Waals surface area (Å²) in [4.78, 5) is 5.11. The number of rotatable bonds is 3. The van der Waals surface area contributed by atoms with E-state index < -0.39 is 10.3 Å². The lowest BCUT2D eigenvalue weighted by Crippen LogP contribution is -2.08. The molecule has 1 aromatic rings. The lowest BCUT2D eigenvalue weighted by Gasteiger charge is -2.07. The fraction of sp³-hybridized carbons (Fsp3) is 0.0769. The van der Waals surface area contributed by atoms with Gasteiger partial charge in [0, 0.05) is 9.80 Å². The highest BCUT2D eigenvalue weighted by molar-refractivity contribution is 8.03. The number of benzene rings is 1. The maximum Gasteiger partial charge on any atom is 0.303 e. The van der Waals surface area contributed by atoms with Gasteiger partial charge in [-0.15, -0.1) is 0 Å². The van der Waals surface area contributed by atoms with Gasteiger partial charge >= 0.3 is 5.71 Å². The Morgan fingerprint density at radius 3 is 2.63 bits per heavy atom. The molecular weight excluding hydrogens is 280 g/mol. The van der Waals surface area contributed by atoms with Crippen molar-refractivity contribution in [3.63, 3.8) is 0 Å². The summed E-state index contributed by atoms with van der Waals surface area (Å²) in [6.45, 7) is 0. The van der Waals surface area contributed by atoms with Crippen molar-refractivity contribution in [2.24, 2.45) is 0 Å². The topological polar surface area (TPSA) is 70.5 Å². The molecule has 6 heteroatoms. The zero-order valence-corrected chi connectivity index (χ0v) is 11.5. The maximum atomic E-state index is 10.7. The zero-order chi connectivity index (χ0) is 13.7. The largest absolute Gasteiger partial charge is 0.361 e. The van der Waals surface area contributed by atoms with E-state index in [2.05, 4.69) is 4.79 Å². The second-order valence-electron chi connectivity index (χ2n) is 3.75. The van der Waals surface area contributed by atoms with Crippen LogP contribution >= 0.6 is 11.8 Å². The molecule has 4 nitrogen and oxygen atoms in total. The molecular formula is C13H10N2O2S2. The van der Waals surface area contributed by atoms with Crippen molar-refractivity contribution in [2.75, 3.05) is 0 Å². The number of hydrogen-bond acceptors (Lipinski definition) is 3. The molecule has 0 saturated heterocycles. The Bertz CT molecular complexity index is 717. The van der Waals surface area contributed by atoms with E-state index in [4.69, 9.17) is 5.53 Å². The molecule has 1 aromatic carbocycles. The highest BCUT2D eigenvalue weighted by Crippen LogP contribution is 2.30. The van der Waals surface area contributed by atoms with Crippen molar-refractivity contribution >= 4 is 33.1 Å². The first-order valence-electron chi connectivity index (χ1n) is 5.48. The number of thioether (sulfide) groups is 1. The van der Waals surface area contributed by atoms with Crippen LogP contribution in [0.25, 0.3) is 5.53 Å². The minimum Gasteiger partial charge on any atom is -0.361 e. The van der Waals surface area contributed by atoms with Crippen LogP contribution in [-0.4, -0.2) is 24.3 Å². The average Bonchev–Trinajstić information content (AvgIpc) is 2.39. The van der Waals surface area contributed by atoms with Crippen LogP contribution in [0.15, 0.2) is 57.9 Å². The van der Waals surface area contributed by atoms with Gasteiger partial charge in [0.1, 0.15) is 0 Å². The zero-order valence-electron chi connectivity index (χ0n) is 9.85. The highest BCUT2D eigenvalue weighted by Gasteiger charge is 2.18. The standard InChI is InChI=1S/C13H10N2O2S2/c14-15-13-7-6-12(8-10(13)9-19(16)17)18-11-4-2-1-3-5-11/h1-6,8-9H,7H2. The van der Waals surface area contributed by atoms with Crippen LogP contribution in [0.5, 0.6) is 0 Å². The number of allylic oxidation sites excluding steroid dienone is 3. The third-order valence-corrected chi connectivity index (χ3v) is 3.92. The van der Waals surface area contributed by atoms with E-state index >= 15 is 0 Å². The van der Waals surface area contributed by atoms with E-state index in [-0.39, 0.29) is 0 Å². The SMILES string of the molecule is [N-]=[N+]=C1CC=C(Sc2ccccc2)C=C1C=S(=O)=O. The molecule has 0 fully saturated rings. The molecule has 19 heavy (non-hydrogen) atoms. The summed E-state index contributed by atoms with van der Waals surface area (Å²) < 4.78 is 21.5. The second kappa shape index (κ2) is 6.33. The van der Waals surface area contributed by atoms with Crippen molar-refractivity contribution < 1.29 is 13.2 Å². The molecule has 0 amide bonds. The summed E-state index contributed by atoms with van der Waals surface area (Å²) in [7, 11) is -2.32. The monoisotopic (exact) mass is 290 g/mol. The summed E-state index contributed by atoms with van der Waals surface area (Å²) in [6.07, 6.45) is 4.01. The summed E-state index contributed by atoms with van der Waals surface area (Å²) in [5.41, 5.74) is 9.60. The molecule has 1 aliphatic carbocycles. The number of nitrogens with zero attached hydrogens (tertiary/aromatic N) is 2. The number of hydrogen-bond donors (Lipinski definition) is 0. The predicted molar refractivity (Wildman–Crippen MR) is 76.7 cm³/mol. The van der Waals surface area contributed by atoms with Crippen LogP contribution in [0.4, 0.5) is 0 Å². The average molecular weight is 290 g/mol. The van der Waals surface area contributed by atoms with E-state index in [1.165, 1.54) is 11.8 Å². The van der Waals surface area contributed by atoms with Gasteiger partial charge in [-0.3, -0.25) is 0 Å². The summed E-state index contributed by atoms with van der Waals surface area (Å²) in [5.74, 6) is 0. The third-order valence-electron chi connectivity index (χ3n) is 2.45. The third kappa shape index (κ3) is 3.79. The van der Waals surface area contributed by atoms with Gasteiger partial charge < -0.3 is 5.53 Å². The van der Waals surface area contributed by atoms with Gasteiger partial charge in [-0.1, -0.05) is 36.0 Å². The Balaban J connectivity index is 2.30. The molecule has 0 heterocycles. The molecule has 1 aliphatic rings. The molecule has 0 spiro atoms. The second-order valence-corrected chi connectivity index (χ2v) is 5.65. The normalized spacial score (nSPS) is 14.2. The van der Waals surface area contributed by atoms with Crippen molar-refractivity contribution in [1.82, 2.24) is 0 Å². The molecule has 0 bridgehead atoms. The summed E-state index contributed by atoms with van der Waals surface area (Å²) >= 11 is 1.53. The minimum atomic E-state index is -2.32. The first-order valence-corrected chi connectivity index (χ1v) is 7.43. The van der Waals surface area contributed by atoms with E-state index in [0.717, 1.165) is 15.2 Å². The highest BCUT2D eigenvalue weighted by atomic mass is 32.2. The Morgan fingerprint density at radius 1 is 1.26 bits per heavy atom. The Labute approximate surface area is 116 Å². The van der Waals surface area contributed by atoms with Gasteiger partial charge in [-0.05, 0) is 18.2 Å². The summed E-state index contributed by atoms with van der Waals surface area (Å²) in [6, 6.07) is 9.77. The van der Waals surface area contributed by atoms with Crippen molar-refractivity contribution in [3.05, 3.63) is 58.5 Å². The molecule has 0 aromatic heterocycles. The molecule has 96 valence electrons. The lowest BCUT2D eigenvalue weighted by atomic mass is 10.0. The van der Waals surface area contributed by atoms with Crippen LogP contribution in [0.3, 0.4) is 0 Å². The Hall–Kier alpha value is -1.88. The van der Waals surface area contributed by atoms with Crippen molar-refractivity contribution in [1.29, 1.82) is 0 Å². The van der Waals surface area contributed by atoms with Crippen molar-refractivity contribution in [3.8, 4) is 0 Å². The fourth-order valence-corrected chi connectivity index (χ4v) is 2.94. The Kier molecular flexibility index (Phi) is 4.52. The fourth-order valence-electron chi connectivity index (χ4n) is 1.61. The van der Waals surface area contributed by atoms with Crippen LogP contribution < -0.4 is 0 Å². The predicted octanol–water partition coefficient (Wildman–Crippen LogP) is 2.34. The summed E-state index contributed by atoms with van der Waals surface area (Å²) in [5, 5.41) is 1.05. The van der Waals surface area contributed by atoms with Gasteiger partial charge in [0.15, 0.2) is 0 Å². The van der Waals surface area contributed by atoms with Crippen LogP contribution in [-0.2, 0) is 10.3 Å². The molecule has 2 rings (SSSR count). The van der Waals surface area contributed by atoms with E-state index in [1.807, 2.05) is 36.4 Å².